The Kier molecular flexibility index (Phi) is 4.23. The third-order valence-corrected chi connectivity index (χ3v) is 5.09. The Balaban J connectivity index is 1.20. The van der Waals surface area contributed by atoms with Gasteiger partial charge in [-0.05, 0) is 18.9 Å². The number of likely N-dealkylation sites (tertiary alicyclic amines) is 1. The van der Waals surface area contributed by atoms with Gasteiger partial charge in [-0.3, -0.25) is 9.80 Å². The zero-order valence-electron chi connectivity index (χ0n) is 13.1. The number of hydrogen-bond donors (Lipinski definition) is 0. The number of anilines is 1. The monoisotopic (exact) mass is 303 g/mol. The molecule has 120 valence electrons. The smallest absolute Gasteiger partial charge is 0.225 e. The van der Waals surface area contributed by atoms with E-state index in [9.17, 15) is 0 Å². The number of aromatic nitrogens is 2. The molecule has 6 nitrogen and oxygen atoms in total. The van der Waals surface area contributed by atoms with Gasteiger partial charge in [-0.25, -0.2) is 9.97 Å². The second-order valence-corrected chi connectivity index (χ2v) is 6.58. The van der Waals surface area contributed by atoms with Gasteiger partial charge in [0.2, 0.25) is 5.95 Å². The van der Waals surface area contributed by atoms with Crippen LogP contribution in [0.4, 0.5) is 5.95 Å². The molecule has 0 amide bonds. The van der Waals surface area contributed by atoms with Crippen LogP contribution < -0.4 is 4.90 Å². The first-order chi connectivity index (χ1) is 10.9. The Morgan fingerprint density at radius 3 is 2.55 bits per heavy atom. The summed E-state index contributed by atoms with van der Waals surface area (Å²) in [5, 5.41) is 0. The average Bonchev–Trinajstić information content (AvgIpc) is 3.05. The second kappa shape index (κ2) is 6.48. The number of hydrogen-bond acceptors (Lipinski definition) is 6. The summed E-state index contributed by atoms with van der Waals surface area (Å²) < 4.78 is 5.73. The fourth-order valence-electron chi connectivity index (χ4n) is 3.74. The van der Waals surface area contributed by atoms with E-state index in [0.29, 0.717) is 6.10 Å². The number of rotatable bonds is 4. The van der Waals surface area contributed by atoms with Crippen LogP contribution >= 0.6 is 0 Å². The molecule has 1 aromatic rings. The highest BCUT2D eigenvalue weighted by Gasteiger charge is 2.35. The Hall–Kier alpha value is -1.24. The summed E-state index contributed by atoms with van der Waals surface area (Å²) in [6, 6.07) is 2.61. The molecule has 0 spiro atoms. The average molecular weight is 303 g/mol. The molecular weight excluding hydrogens is 278 g/mol. The van der Waals surface area contributed by atoms with Crippen LogP contribution in [0.2, 0.25) is 0 Å². The van der Waals surface area contributed by atoms with E-state index in [0.717, 1.165) is 51.3 Å². The quantitative estimate of drug-likeness (QED) is 0.805. The largest absolute Gasteiger partial charge is 0.377 e. The fraction of sp³-hybridized carbons (Fsp3) is 0.750. The molecule has 0 radical (unpaired) electrons. The Bertz CT molecular complexity index is 465. The van der Waals surface area contributed by atoms with Crippen molar-refractivity contribution in [1.82, 2.24) is 19.8 Å². The molecule has 1 aromatic heterocycles. The van der Waals surface area contributed by atoms with Crippen molar-refractivity contribution in [2.75, 3.05) is 57.3 Å². The summed E-state index contributed by atoms with van der Waals surface area (Å²) in [6.45, 7) is 8.83. The Morgan fingerprint density at radius 1 is 1.09 bits per heavy atom. The topological polar surface area (TPSA) is 44.7 Å². The summed E-state index contributed by atoms with van der Waals surface area (Å²) in [5.41, 5.74) is 0. The van der Waals surface area contributed by atoms with Crippen LogP contribution in [0.3, 0.4) is 0 Å². The molecule has 4 rings (SSSR count). The normalized spacial score (nSPS) is 28.0. The third kappa shape index (κ3) is 3.09. The summed E-state index contributed by atoms with van der Waals surface area (Å²) >= 11 is 0. The lowest BCUT2D eigenvalue weighted by Gasteiger charge is -2.48. The maximum atomic E-state index is 5.73. The van der Waals surface area contributed by atoms with Gasteiger partial charge < -0.3 is 9.64 Å². The van der Waals surface area contributed by atoms with Gasteiger partial charge in [-0.1, -0.05) is 0 Å². The molecule has 0 aromatic carbocycles. The molecule has 3 aliphatic heterocycles. The fourth-order valence-corrected chi connectivity index (χ4v) is 3.74. The van der Waals surface area contributed by atoms with E-state index in [1.807, 2.05) is 18.5 Å². The summed E-state index contributed by atoms with van der Waals surface area (Å²) in [5.74, 6) is 0.871. The van der Waals surface area contributed by atoms with Gasteiger partial charge in [0.25, 0.3) is 0 Å². The van der Waals surface area contributed by atoms with E-state index >= 15 is 0 Å². The van der Waals surface area contributed by atoms with E-state index in [1.54, 1.807) is 0 Å². The first-order valence-corrected chi connectivity index (χ1v) is 8.48. The first-order valence-electron chi connectivity index (χ1n) is 8.48. The van der Waals surface area contributed by atoms with Gasteiger partial charge in [0.15, 0.2) is 0 Å². The maximum absolute atomic E-state index is 5.73. The highest BCUT2D eigenvalue weighted by Crippen LogP contribution is 2.21. The Morgan fingerprint density at radius 2 is 1.86 bits per heavy atom. The molecule has 3 fully saturated rings. The lowest BCUT2D eigenvalue weighted by molar-refractivity contribution is -0.00594. The van der Waals surface area contributed by atoms with Crippen LogP contribution in [0.15, 0.2) is 18.5 Å². The zero-order valence-corrected chi connectivity index (χ0v) is 13.1. The molecule has 3 aliphatic rings. The molecule has 1 unspecified atom stereocenters. The van der Waals surface area contributed by atoms with Crippen molar-refractivity contribution in [1.29, 1.82) is 0 Å². The van der Waals surface area contributed by atoms with Crippen molar-refractivity contribution in [2.24, 2.45) is 0 Å². The lowest BCUT2D eigenvalue weighted by atomic mass is 10.0. The van der Waals surface area contributed by atoms with Crippen LogP contribution in [0.1, 0.15) is 12.8 Å². The second-order valence-electron chi connectivity index (χ2n) is 6.58. The minimum Gasteiger partial charge on any atom is -0.377 e. The molecule has 0 bridgehead atoms. The SMILES string of the molecule is c1cnc(N2CCN(C3CN(CC4CCCO4)C3)CC2)nc1. The van der Waals surface area contributed by atoms with Crippen molar-refractivity contribution in [3.8, 4) is 0 Å². The molecule has 0 saturated carbocycles. The van der Waals surface area contributed by atoms with Crippen molar-refractivity contribution < 1.29 is 4.74 Å². The van der Waals surface area contributed by atoms with Gasteiger partial charge in [0.05, 0.1) is 6.10 Å². The molecule has 22 heavy (non-hydrogen) atoms. The molecular formula is C16H25N5O. The predicted molar refractivity (Wildman–Crippen MR) is 85.0 cm³/mol. The van der Waals surface area contributed by atoms with Gasteiger partial charge in [0.1, 0.15) is 0 Å². The summed E-state index contributed by atoms with van der Waals surface area (Å²) in [4.78, 5) is 16.2. The predicted octanol–water partition coefficient (Wildman–Crippen LogP) is 0.462. The van der Waals surface area contributed by atoms with Gasteiger partial charge in [-0.2, -0.15) is 0 Å². The Labute approximate surface area is 132 Å². The third-order valence-electron chi connectivity index (χ3n) is 5.09. The van der Waals surface area contributed by atoms with Crippen molar-refractivity contribution in [3.63, 3.8) is 0 Å². The van der Waals surface area contributed by atoms with Crippen molar-refractivity contribution in [3.05, 3.63) is 18.5 Å². The molecule has 1 atom stereocenters. The van der Waals surface area contributed by atoms with E-state index in [4.69, 9.17) is 4.74 Å². The van der Waals surface area contributed by atoms with Gasteiger partial charge in [-0.15, -0.1) is 0 Å². The summed E-state index contributed by atoms with van der Waals surface area (Å²) in [7, 11) is 0. The van der Waals surface area contributed by atoms with E-state index in [2.05, 4.69) is 24.7 Å². The molecule has 0 N–H and O–H groups in total. The van der Waals surface area contributed by atoms with Gasteiger partial charge >= 0.3 is 0 Å². The highest BCUT2D eigenvalue weighted by molar-refractivity contribution is 5.29. The van der Waals surface area contributed by atoms with Crippen LogP contribution in [0.25, 0.3) is 0 Å². The summed E-state index contributed by atoms with van der Waals surface area (Å²) in [6.07, 6.45) is 6.63. The molecule has 4 heterocycles. The zero-order chi connectivity index (χ0) is 14.8. The van der Waals surface area contributed by atoms with E-state index in [-0.39, 0.29) is 0 Å². The molecule has 3 saturated heterocycles. The molecule has 6 heteroatoms. The van der Waals surface area contributed by atoms with Gasteiger partial charge in [0, 0.05) is 70.9 Å². The van der Waals surface area contributed by atoms with Crippen molar-refractivity contribution in [2.45, 2.75) is 25.0 Å². The van der Waals surface area contributed by atoms with Crippen LogP contribution in [-0.2, 0) is 4.74 Å². The number of nitrogens with zero attached hydrogens (tertiary/aromatic N) is 5. The minimum absolute atomic E-state index is 0.494. The standard InChI is InChI=1S/C16H25N5O/c1-3-15(22-10-1)13-19-11-14(12-19)20-6-8-21(9-7-20)16-17-4-2-5-18-16/h2,4-5,14-15H,1,3,6-13H2. The molecule has 0 aliphatic carbocycles. The maximum Gasteiger partial charge on any atom is 0.225 e. The van der Waals surface area contributed by atoms with Crippen LogP contribution in [0, 0.1) is 0 Å². The lowest BCUT2D eigenvalue weighted by Crippen LogP contribution is -2.64. The number of piperazine rings is 1. The van der Waals surface area contributed by atoms with E-state index < -0.39 is 0 Å². The first kappa shape index (κ1) is 14.4. The number of ether oxygens (including phenoxy) is 1. The minimum atomic E-state index is 0.494. The van der Waals surface area contributed by atoms with Crippen LogP contribution in [0.5, 0.6) is 0 Å². The van der Waals surface area contributed by atoms with E-state index in [1.165, 1.54) is 25.9 Å². The van der Waals surface area contributed by atoms with Crippen LogP contribution in [-0.4, -0.2) is 84.3 Å². The van der Waals surface area contributed by atoms with Crippen molar-refractivity contribution >= 4 is 5.95 Å². The highest BCUT2D eigenvalue weighted by atomic mass is 16.5.